The van der Waals surface area contributed by atoms with Crippen LogP contribution in [0.4, 0.5) is 4.39 Å². The number of hydrogen-bond acceptors (Lipinski definition) is 4. The molecule has 3 N–H and O–H groups in total. The first-order valence-corrected chi connectivity index (χ1v) is 9.05. The summed E-state index contributed by atoms with van der Waals surface area (Å²) in [4.78, 5) is 16.8. The Morgan fingerprint density at radius 1 is 1.35 bits per heavy atom. The lowest BCUT2D eigenvalue weighted by molar-refractivity contribution is -0.122. The largest absolute Gasteiger partial charge is 0.349 e. The van der Waals surface area contributed by atoms with Crippen LogP contribution >= 0.6 is 36.2 Å². The highest BCUT2D eigenvalue weighted by atomic mass is 35.5. The first-order chi connectivity index (χ1) is 11.5. The second kappa shape index (κ2) is 9.65. The van der Waals surface area contributed by atoms with Crippen molar-refractivity contribution >= 4 is 42.1 Å². The number of nitrogens with two attached hydrogens (primary N) is 1. The molecule has 26 heavy (non-hydrogen) atoms. The van der Waals surface area contributed by atoms with E-state index in [9.17, 15) is 9.18 Å². The Kier molecular flexibility index (Phi) is 8.47. The molecule has 0 radical (unpaired) electrons. The van der Waals surface area contributed by atoms with Crippen molar-refractivity contribution in [2.75, 3.05) is 6.54 Å². The highest BCUT2D eigenvalue weighted by Gasteiger charge is 2.41. The van der Waals surface area contributed by atoms with Crippen LogP contribution < -0.4 is 11.1 Å². The van der Waals surface area contributed by atoms with Crippen molar-refractivity contribution < 1.29 is 9.18 Å². The number of amides is 1. The number of benzene rings is 1. The highest BCUT2D eigenvalue weighted by Crippen LogP contribution is 2.39. The summed E-state index contributed by atoms with van der Waals surface area (Å²) in [5.74, 6) is 0.221. The Hall–Kier alpha value is -1.21. The van der Waals surface area contributed by atoms with Gasteiger partial charge in [0.25, 0.3) is 0 Å². The minimum atomic E-state index is -0.302. The molecule has 0 spiro atoms. The summed E-state index contributed by atoms with van der Waals surface area (Å²) in [7, 11) is 0. The third-order valence-electron chi connectivity index (χ3n) is 4.54. The van der Waals surface area contributed by atoms with Crippen molar-refractivity contribution in [2.45, 2.75) is 38.1 Å². The Morgan fingerprint density at radius 3 is 2.58 bits per heavy atom. The molecule has 0 aliphatic heterocycles. The second-order valence-corrected chi connectivity index (χ2v) is 7.60. The van der Waals surface area contributed by atoms with Gasteiger partial charge in [-0.3, -0.25) is 4.79 Å². The van der Waals surface area contributed by atoms with Gasteiger partial charge >= 0.3 is 0 Å². The number of nitrogens with one attached hydrogen (secondary N) is 1. The number of carbonyl (C=O) groups is 1. The van der Waals surface area contributed by atoms with E-state index in [1.165, 1.54) is 23.5 Å². The van der Waals surface area contributed by atoms with Gasteiger partial charge in [0.1, 0.15) is 5.82 Å². The maximum Gasteiger partial charge on any atom is 0.226 e. The van der Waals surface area contributed by atoms with E-state index in [1.54, 1.807) is 12.1 Å². The highest BCUT2D eigenvalue weighted by molar-refractivity contribution is 7.09. The second-order valence-electron chi connectivity index (χ2n) is 6.66. The molecule has 4 nitrogen and oxygen atoms in total. The number of carbonyl (C=O) groups excluding carboxylic acids is 1. The molecule has 1 aromatic heterocycles. The van der Waals surface area contributed by atoms with Crippen LogP contribution in [-0.4, -0.2) is 23.0 Å². The first-order valence-electron chi connectivity index (χ1n) is 8.17. The number of rotatable bonds is 7. The van der Waals surface area contributed by atoms with E-state index in [-0.39, 0.29) is 48.5 Å². The smallest absolute Gasteiger partial charge is 0.226 e. The normalized spacial score (nSPS) is 15.3. The molecule has 8 heteroatoms. The van der Waals surface area contributed by atoms with Crippen molar-refractivity contribution in [3.8, 4) is 0 Å². The third kappa shape index (κ3) is 5.91. The van der Waals surface area contributed by atoms with Crippen LogP contribution in [0.2, 0.25) is 0 Å². The van der Waals surface area contributed by atoms with Gasteiger partial charge in [0.05, 0.1) is 22.7 Å². The minimum Gasteiger partial charge on any atom is -0.349 e. The van der Waals surface area contributed by atoms with E-state index in [4.69, 9.17) is 5.73 Å². The standard InChI is InChI=1S/C18H22FN3OS.2ClH/c1-18(11-20,13-4-5-13)22-16(23)9-15-10-24-17(21-15)8-12-2-6-14(19)7-3-12;;/h2-3,6-7,10,13H,4-5,8-9,11,20H2,1H3,(H,22,23);2*1H. The van der Waals surface area contributed by atoms with Crippen LogP contribution in [0, 0.1) is 11.7 Å². The predicted molar refractivity (Wildman–Crippen MR) is 108 cm³/mol. The lowest BCUT2D eigenvalue weighted by atomic mass is 9.95. The van der Waals surface area contributed by atoms with E-state index in [1.807, 2.05) is 12.3 Å². The minimum absolute atomic E-state index is 0. The van der Waals surface area contributed by atoms with Gasteiger partial charge in [-0.1, -0.05) is 12.1 Å². The van der Waals surface area contributed by atoms with Crippen LogP contribution in [0.3, 0.4) is 0 Å². The molecule has 1 aliphatic rings. The summed E-state index contributed by atoms with van der Waals surface area (Å²) in [5, 5.41) is 5.91. The Bertz CT molecular complexity index is 721. The topological polar surface area (TPSA) is 68.0 Å². The molecule has 1 aliphatic carbocycles. The molecule has 3 rings (SSSR count). The van der Waals surface area contributed by atoms with Crippen molar-refractivity contribution in [3.63, 3.8) is 0 Å². The van der Waals surface area contributed by atoms with Gasteiger partial charge in [0, 0.05) is 18.3 Å². The molecule has 1 heterocycles. The summed E-state index contributed by atoms with van der Waals surface area (Å²) in [6.07, 6.45) is 3.18. The SMILES string of the molecule is CC(CN)(NC(=O)Cc1csc(Cc2ccc(F)cc2)n1)C1CC1.Cl.Cl. The maximum atomic E-state index is 12.9. The van der Waals surface area contributed by atoms with Crippen LogP contribution in [0.5, 0.6) is 0 Å². The van der Waals surface area contributed by atoms with Crippen LogP contribution in [0.25, 0.3) is 0 Å². The Labute approximate surface area is 169 Å². The van der Waals surface area contributed by atoms with Crippen molar-refractivity contribution in [1.29, 1.82) is 0 Å². The lowest BCUT2D eigenvalue weighted by Crippen LogP contribution is -2.53. The zero-order chi connectivity index (χ0) is 17.2. The quantitative estimate of drug-likeness (QED) is 0.721. The van der Waals surface area contributed by atoms with Gasteiger partial charge in [0.2, 0.25) is 5.91 Å². The number of halogens is 3. The molecule has 1 atom stereocenters. The third-order valence-corrected chi connectivity index (χ3v) is 5.43. The fourth-order valence-corrected chi connectivity index (χ4v) is 3.68. The van der Waals surface area contributed by atoms with Crippen LogP contribution in [0.15, 0.2) is 29.6 Å². The summed E-state index contributed by atoms with van der Waals surface area (Å²) in [5.41, 5.74) is 7.31. The molecule has 1 fully saturated rings. The van der Waals surface area contributed by atoms with E-state index in [0.29, 0.717) is 18.9 Å². The molecular formula is C18H24Cl2FN3OS. The zero-order valence-corrected chi connectivity index (χ0v) is 17.0. The molecule has 1 unspecified atom stereocenters. The Morgan fingerprint density at radius 2 is 2.00 bits per heavy atom. The molecule has 1 aromatic carbocycles. The van der Waals surface area contributed by atoms with Crippen molar-refractivity contribution in [2.24, 2.45) is 11.7 Å². The van der Waals surface area contributed by atoms with Gasteiger partial charge < -0.3 is 11.1 Å². The van der Waals surface area contributed by atoms with Crippen molar-refractivity contribution in [1.82, 2.24) is 10.3 Å². The number of hydrogen-bond donors (Lipinski definition) is 2. The monoisotopic (exact) mass is 419 g/mol. The van der Waals surface area contributed by atoms with E-state index in [2.05, 4.69) is 10.3 Å². The number of thiazole rings is 1. The van der Waals surface area contributed by atoms with Gasteiger partial charge in [-0.05, 0) is 43.4 Å². The number of nitrogens with zero attached hydrogens (tertiary/aromatic N) is 1. The zero-order valence-electron chi connectivity index (χ0n) is 14.5. The summed E-state index contributed by atoms with van der Waals surface area (Å²) in [6.45, 7) is 2.47. The molecule has 0 bridgehead atoms. The molecule has 1 saturated carbocycles. The molecular weight excluding hydrogens is 396 g/mol. The summed E-state index contributed by atoms with van der Waals surface area (Å²) < 4.78 is 12.9. The summed E-state index contributed by atoms with van der Waals surface area (Å²) in [6, 6.07) is 6.41. The van der Waals surface area contributed by atoms with Gasteiger partial charge in [-0.2, -0.15) is 0 Å². The number of aromatic nitrogens is 1. The average molecular weight is 420 g/mol. The van der Waals surface area contributed by atoms with Crippen molar-refractivity contribution in [3.05, 3.63) is 51.7 Å². The molecule has 144 valence electrons. The molecule has 2 aromatic rings. The molecule has 0 saturated heterocycles. The van der Waals surface area contributed by atoms with E-state index < -0.39 is 0 Å². The lowest BCUT2D eigenvalue weighted by Gasteiger charge is -2.29. The van der Waals surface area contributed by atoms with Gasteiger partial charge in [-0.15, -0.1) is 36.2 Å². The van der Waals surface area contributed by atoms with Crippen LogP contribution in [-0.2, 0) is 17.6 Å². The van der Waals surface area contributed by atoms with Gasteiger partial charge in [0.15, 0.2) is 0 Å². The fraction of sp³-hybridized carbons (Fsp3) is 0.444. The Balaban J connectivity index is 0.00000169. The van der Waals surface area contributed by atoms with E-state index in [0.717, 1.165) is 29.1 Å². The first kappa shape index (κ1) is 22.8. The van der Waals surface area contributed by atoms with E-state index >= 15 is 0 Å². The van der Waals surface area contributed by atoms with Crippen LogP contribution in [0.1, 0.15) is 36.0 Å². The summed E-state index contributed by atoms with van der Waals surface area (Å²) >= 11 is 1.52. The molecule has 1 amide bonds. The maximum absolute atomic E-state index is 12.9. The van der Waals surface area contributed by atoms with Gasteiger partial charge in [-0.25, -0.2) is 9.37 Å². The average Bonchev–Trinajstić information content (AvgIpc) is 3.33. The predicted octanol–water partition coefficient (Wildman–Crippen LogP) is 3.50. The fourth-order valence-electron chi connectivity index (χ4n) is 2.86.